The fraction of sp³-hybridized carbons (Fsp3) is 0.208. The van der Waals surface area contributed by atoms with Crippen LogP contribution in [0.15, 0.2) is 76.3 Å². The number of rotatable bonds is 9. The van der Waals surface area contributed by atoms with Crippen molar-refractivity contribution in [3.8, 4) is 5.75 Å². The third-order valence-electron chi connectivity index (χ3n) is 5.00. The van der Waals surface area contributed by atoms with Crippen LogP contribution in [0.3, 0.4) is 0 Å². The Bertz CT molecular complexity index is 1240. The first-order chi connectivity index (χ1) is 16.9. The zero-order valence-electron chi connectivity index (χ0n) is 18.7. The molecule has 0 spiro atoms. The van der Waals surface area contributed by atoms with Gasteiger partial charge in [0.2, 0.25) is 11.8 Å². The number of carbonyl (C=O) groups excluding carboxylic acids is 2. The van der Waals surface area contributed by atoms with Crippen molar-refractivity contribution in [2.45, 2.75) is 25.1 Å². The van der Waals surface area contributed by atoms with E-state index in [9.17, 15) is 19.7 Å². The molecule has 3 aromatic rings. The second-order valence-corrected chi connectivity index (χ2v) is 8.66. The SMILES string of the molecule is CCOc1ccc(N=C2SC(CC(=O)Nc3cccc([N+](=O)[O-])c3)C(=O)N2Cc2ccco2)cc1. The van der Waals surface area contributed by atoms with Gasteiger partial charge in [-0.25, -0.2) is 4.99 Å². The highest BCUT2D eigenvalue weighted by molar-refractivity contribution is 8.15. The summed E-state index contributed by atoms with van der Waals surface area (Å²) in [4.78, 5) is 42.4. The maximum absolute atomic E-state index is 13.2. The number of non-ortho nitro benzene ring substituents is 1. The van der Waals surface area contributed by atoms with Crippen molar-refractivity contribution in [1.82, 2.24) is 4.90 Å². The first-order valence-corrected chi connectivity index (χ1v) is 11.7. The molecule has 1 aromatic heterocycles. The summed E-state index contributed by atoms with van der Waals surface area (Å²) in [5.74, 6) is 0.594. The number of nitro benzene ring substituents is 1. The summed E-state index contributed by atoms with van der Waals surface area (Å²) in [5, 5.41) is 13.3. The van der Waals surface area contributed by atoms with Gasteiger partial charge in [-0.15, -0.1) is 0 Å². The molecular weight excluding hydrogens is 472 g/mol. The molecule has 0 radical (unpaired) electrons. The lowest BCUT2D eigenvalue weighted by Crippen LogP contribution is -2.33. The van der Waals surface area contributed by atoms with Gasteiger partial charge in [-0.3, -0.25) is 24.6 Å². The van der Waals surface area contributed by atoms with Crippen LogP contribution in [-0.4, -0.2) is 38.7 Å². The van der Waals surface area contributed by atoms with E-state index in [-0.39, 0.29) is 30.2 Å². The van der Waals surface area contributed by atoms with E-state index >= 15 is 0 Å². The number of furan rings is 1. The van der Waals surface area contributed by atoms with Gasteiger partial charge in [0.1, 0.15) is 16.8 Å². The van der Waals surface area contributed by atoms with Crippen molar-refractivity contribution in [1.29, 1.82) is 0 Å². The number of nitrogens with zero attached hydrogens (tertiary/aromatic N) is 3. The number of ether oxygens (including phenoxy) is 1. The molecule has 1 atom stereocenters. The minimum atomic E-state index is -0.704. The van der Waals surface area contributed by atoms with Crippen molar-refractivity contribution in [2.24, 2.45) is 4.99 Å². The summed E-state index contributed by atoms with van der Waals surface area (Å²) in [5.41, 5.74) is 0.786. The van der Waals surface area contributed by atoms with Gasteiger partial charge in [-0.1, -0.05) is 17.8 Å². The summed E-state index contributed by atoms with van der Waals surface area (Å²) >= 11 is 1.19. The Labute approximate surface area is 205 Å². The maximum Gasteiger partial charge on any atom is 0.271 e. The number of benzene rings is 2. The molecule has 2 amide bonds. The van der Waals surface area contributed by atoms with Crippen LogP contribution < -0.4 is 10.1 Å². The number of amides is 2. The van der Waals surface area contributed by atoms with Gasteiger partial charge < -0.3 is 14.5 Å². The van der Waals surface area contributed by atoms with E-state index in [2.05, 4.69) is 10.3 Å². The Morgan fingerprint density at radius 3 is 2.71 bits per heavy atom. The van der Waals surface area contributed by atoms with Crippen LogP contribution in [-0.2, 0) is 16.1 Å². The van der Waals surface area contributed by atoms with Gasteiger partial charge in [0.05, 0.1) is 30.0 Å². The molecule has 1 N–H and O–H groups in total. The van der Waals surface area contributed by atoms with Crippen LogP contribution in [0.5, 0.6) is 5.75 Å². The summed E-state index contributed by atoms with van der Waals surface area (Å²) in [7, 11) is 0. The highest BCUT2D eigenvalue weighted by atomic mass is 32.2. The number of amidine groups is 1. The lowest BCUT2D eigenvalue weighted by molar-refractivity contribution is -0.384. The van der Waals surface area contributed by atoms with E-state index in [1.165, 1.54) is 41.1 Å². The summed E-state index contributed by atoms with van der Waals surface area (Å²) in [6, 6.07) is 16.3. The molecule has 11 heteroatoms. The molecule has 1 fully saturated rings. The van der Waals surface area contributed by atoms with Crippen LogP contribution in [0.4, 0.5) is 17.1 Å². The molecule has 1 aliphatic heterocycles. The quantitative estimate of drug-likeness (QED) is 0.336. The largest absolute Gasteiger partial charge is 0.494 e. The Morgan fingerprint density at radius 1 is 1.23 bits per heavy atom. The normalized spacial score (nSPS) is 16.5. The second kappa shape index (κ2) is 10.9. The van der Waals surface area contributed by atoms with E-state index in [0.29, 0.717) is 23.2 Å². The molecule has 0 saturated carbocycles. The lowest BCUT2D eigenvalue weighted by atomic mass is 10.2. The summed E-state index contributed by atoms with van der Waals surface area (Å²) in [6.07, 6.45) is 1.40. The molecule has 2 heterocycles. The van der Waals surface area contributed by atoms with Crippen molar-refractivity contribution in [3.63, 3.8) is 0 Å². The molecule has 0 aliphatic carbocycles. The van der Waals surface area contributed by atoms with Crippen LogP contribution >= 0.6 is 11.8 Å². The molecule has 1 unspecified atom stereocenters. The van der Waals surface area contributed by atoms with Gasteiger partial charge in [0, 0.05) is 24.2 Å². The fourth-order valence-corrected chi connectivity index (χ4v) is 4.56. The van der Waals surface area contributed by atoms with Crippen molar-refractivity contribution in [2.75, 3.05) is 11.9 Å². The standard InChI is InChI=1S/C24H22N4O6S/c1-2-33-19-10-8-16(9-11-19)26-24-27(15-20-7-4-12-34-20)23(30)21(35-24)14-22(29)25-17-5-3-6-18(13-17)28(31)32/h3-13,21H,2,14-15H2,1H3,(H,25,29). The molecule has 1 aliphatic rings. The first-order valence-electron chi connectivity index (χ1n) is 10.8. The zero-order chi connectivity index (χ0) is 24.8. The molecule has 35 heavy (non-hydrogen) atoms. The third kappa shape index (κ3) is 6.07. The van der Waals surface area contributed by atoms with Crippen LogP contribution in [0.25, 0.3) is 0 Å². The first kappa shape index (κ1) is 24.0. The minimum absolute atomic E-state index is 0.122. The monoisotopic (exact) mass is 494 g/mol. The van der Waals surface area contributed by atoms with Gasteiger partial charge in [-0.05, 0) is 49.4 Å². The van der Waals surface area contributed by atoms with Crippen LogP contribution in [0, 0.1) is 10.1 Å². The number of hydrogen-bond acceptors (Lipinski definition) is 8. The maximum atomic E-state index is 13.2. The number of nitro groups is 1. The van der Waals surface area contributed by atoms with E-state index < -0.39 is 16.1 Å². The average Bonchev–Trinajstić information content (AvgIpc) is 3.45. The third-order valence-corrected chi connectivity index (χ3v) is 6.17. The van der Waals surface area contributed by atoms with Gasteiger partial charge in [0.25, 0.3) is 5.69 Å². The summed E-state index contributed by atoms with van der Waals surface area (Å²) in [6.45, 7) is 2.63. The highest BCUT2D eigenvalue weighted by Crippen LogP contribution is 2.33. The molecule has 0 bridgehead atoms. The Morgan fingerprint density at radius 2 is 2.03 bits per heavy atom. The molecular formula is C24H22N4O6S. The second-order valence-electron chi connectivity index (χ2n) is 7.49. The molecule has 2 aromatic carbocycles. The Kier molecular flexibility index (Phi) is 7.46. The number of anilines is 1. The zero-order valence-corrected chi connectivity index (χ0v) is 19.6. The lowest BCUT2D eigenvalue weighted by Gasteiger charge is -2.15. The average molecular weight is 495 g/mol. The Hall–Kier alpha value is -4.12. The van der Waals surface area contributed by atoms with Crippen molar-refractivity contribution in [3.05, 3.63) is 82.8 Å². The fourth-order valence-electron chi connectivity index (χ4n) is 3.40. The van der Waals surface area contributed by atoms with E-state index in [1.807, 2.05) is 6.92 Å². The van der Waals surface area contributed by atoms with Crippen molar-refractivity contribution < 1.29 is 23.7 Å². The van der Waals surface area contributed by atoms with Gasteiger partial charge >= 0.3 is 0 Å². The topological polar surface area (TPSA) is 127 Å². The predicted molar refractivity (Wildman–Crippen MR) is 132 cm³/mol. The molecule has 4 rings (SSSR count). The number of nitrogens with one attached hydrogen (secondary N) is 1. The van der Waals surface area contributed by atoms with E-state index in [1.54, 1.807) is 42.5 Å². The van der Waals surface area contributed by atoms with Gasteiger partial charge in [0.15, 0.2) is 5.17 Å². The number of hydrogen-bond donors (Lipinski definition) is 1. The van der Waals surface area contributed by atoms with Crippen LogP contribution in [0.2, 0.25) is 0 Å². The number of carbonyl (C=O) groups is 2. The Balaban J connectivity index is 1.51. The predicted octanol–water partition coefficient (Wildman–Crippen LogP) is 4.75. The van der Waals surface area contributed by atoms with Gasteiger partial charge in [-0.2, -0.15) is 0 Å². The van der Waals surface area contributed by atoms with E-state index in [0.717, 1.165) is 5.75 Å². The molecule has 1 saturated heterocycles. The molecule has 10 nitrogen and oxygen atoms in total. The summed E-state index contributed by atoms with van der Waals surface area (Å²) < 4.78 is 10.9. The number of aliphatic imine (C=N–C) groups is 1. The number of thioether (sulfide) groups is 1. The highest BCUT2D eigenvalue weighted by Gasteiger charge is 2.39. The van der Waals surface area contributed by atoms with Crippen molar-refractivity contribution >= 4 is 45.8 Å². The minimum Gasteiger partial charge on any atom is -0.494 e. The van der Waals surface area contributed by atoms with Crippen LogP contribution in [0.1, 0.15) is 19.1 Å². The smallest absolute Gasteiger partial charge is 0.271 e. The van der Waals surface area contributed by atoms with E-state index in [4.69, 9.17) is 9.15 Å². The molecule has 180 valence electrons.